The van der Waals surface area contributed by atoms with Crippen LogP contribution in [0.4, 0.5) is 0 Å². The number of pyridine rings is 1. The largest absolute Gasteiger partial charge is 0.511 e. The third-order valence-corrected chi connectivity index (χ3v) is 7.62. The topological polar surface area (TPSA) is 84.9 Å². The third kappa shape index (κ3) is 6.92. The zero-order valence-corrected chi connectivity index (χ0v) is 24.7. The molecule has 0 aliphatic carbocycles. The summed E-state index contributed by atoms with van der Waals surface area (Å²) in [6.45, 7) is 11.2. The lowest BCUT2D eigenvalue weighted by atomic mass is 9.95. The zero-order valence-electron chi connectivity index (χ0n) is 24.7. The normalized spacial score (nSPS) is 15.7. The predicted octanol–water partition coefficient (Wildman–Crippen LogP) is 5.21. The summed E-state index contributed by atoms with van der Waals surface area (Å²) in [5, 5.41) is 12.1. The van der Waals surface area contributed by atoms with E-state index in [2.05, 4.69) is 39.9 Å². The number of carbonyl (C=O) groups excluding carboxylic acids is 1. The molecule has 0 atom stereocenters. The second-order valence-electron chi connectivity index (χ2n) is 11.1. The van der Waals surface area contributed by atoms with Crippen LogP contribution in [0.3, 0.4) is 0 Å². The van der Waals surface area contributed by atoms with Gasteiger partial charge in [0.15, 0.2) is 0 Å². The van der Waals surface area contributed by atoms with Crippen molar-refractivity contribution in [2.45, 2.75) is 27.2 Å². The van der Waals surface area contributed by atoms with Crippen molar-refractivity contribution in [1.29, 1.82) is 0 Å². The number of hydrogen-bond acceptors (Lipinski definition) is 6. The van der Waals surface area contributed by atoms with Crippen molar-refractivity contribution in [3.63, 3.8) is 0 Å². The maximum absolute atomic E-state index is 13.1. The van der Waals surface area contributed by atoms with Gasteiger partial charge in [0, 0.05) is 68.2 Å². The highest BCUT2D eigenvalue weighted by molar-refractivity contribution is 5.96. The minimum absolute atomic E-state index is 0.0159. The summed E-state index contributed by atoms with van der Waals surface area (Å²) in [4.78, 5) is 27.4. The number of allylic oxidation sites excluding steroid dienone is 3. The number of carbonyl (C=O) groups is 1. The van der Waals surface area contributed by atoms with E-state index in [-0.39, 0.29) is 24.0 Å². The van der Waals surface area contributed by atoms with Gasteiger partial charge in [-0.25, -0.2) is 4.98 Å². The van der Waals surface area contributed by atoms with Gasteiger partial charge in [-0.2, -0.15) is 0 Å². The molecule has 214 valence electrons. The van der Waals surface area contributed by atoms with Crippen LogP contribution in [0.25, 0.3) is 27.7 Å². The average Bonchev–Trinajstić information content (AvgIpc) is 3.37. The van der Waals surface area contributed by atoms with E-state index < -0.39 is 0 Å². The first kappa shape index (κ1) is 29.4. The molecule has 1 aromatic carbocycles. The summed E-state index contributed by atoms with van der Waals surface area (Å²) in [5.74, 6) is 0.972. The fourth-order valence-corrected chi connectivity index (χ4v) is 5.13. The van der Waals surface area contributed by atoms with Crippen molar-refractivity contribution in [3.05, 3.63) is 65.7 Å². The highest BCUT2D eigenvalue weighted by Gasteiger charge is 2.23. The van der Waals surface area contributed by atoms with Gasteiger partial charge in [0.1, 0.15) is 17.2 Å². The smallest absolute Gasteiger partial charge is 0.230 e. The molecule has 0 unspecified atom stereocenters. The second-order valence-corrected chi connectivity index (χ2v) is 11.1. The van der Waals surface area contributed by atoms with Crippen LogP contribution in [-0.2, 0) is 4.79 Å². The van der Waals surface area contributed by atoms with Crippen LogP contribution in [0.1, 0.15) is 32.8 Å². The van der Waals surface area contributed by atoms with E-state index in [9.17, 15) is 9.90 Å². The van der Waals surface area contributed by atoms with Crippen LogP contribution in [-0.4, -0.2) is 96.2 Å². The first-order valence-corrected chi connectivity index (χ1v) is 14.0. The van der Waals surface area contributed by atoms with E-state index in [1.807, 2.05) is 68.4 Å². The number of aromatic nitrogens is 2. The summed E-state index contributed by atoms with van der Waals surface area (Å²) in [7, 11) is 5.82. The molecule has 8 heteroatoms. The Hall–Kier alpha value is -3.62. The molecule has 40 heavy (non-hydrogen) atoms. The number of aromatic amines is 1. The molecule has 0 spiro atoms. The predicted molar refractivity (Wildman–Crippen MR) is 162 cm³/mol. The maximum Gasteiger partial charge on any atom is 0.230 e. The first-order valence-electron chi connectivity index (χ1n) is 14.0. The van der Waals surface area contributed by atoms with Crippen LogP contribution in [0.5, 0.6) is 5.75 Å². The van der Waals surface area contributed by atoms with Gasteiger partial charge < -0.3 is 24.6 Å². The van der Waals surface area contributed by atoms with Crippen molar-refractivity contribution < 1.29 is 14.6 Å². The lowest BCUT2D eigenvalue weighted by Gasteiger charge is -2.35. The molecule has 0 bridgehead atoms. The fraction of sp³-hybridized carbons (Fsp3) is 0.438. The van der Waals surface area contributed by atoms with Crippen LogP contribution in [0.2, 0.25) is 0 Å². The lowest BCUT2D eigenvalue weighted by Crippen LogP contribution is -2.50. The summed E-state index contributed by atoms with van der Waals surface area (Å²) in [6, 6.07) is 10.0. The Kier molecular flexibility index (Phi) is 9.66. The third-order valence-electron chi connectivity index (χ3n) is 7.62. The number of H-pyrrole nitrogens is 1. The maximum atomic E-state index is 13.1. The highest BCUT2D eigenvalue weighted by atomic mass is 16.5. The number of para-hydroxylation sites is 1. The molecule has 1 amide bonds. The number of fused-ring (bicyclic) bond motifs is 1. The highest BCUT2D eigenvalue weighted by Crippen LogP contribution is 2.35. The van der Waals surface area contributed by atoms with Gasteiger partial charge >= 0.3 is 0 Å². The van der Waals surface area contributed by atoms with E-state index in [0.29, 0.717) is 13.1 Å². The van der Waals surface area contributed by atoms with Gasteiger partial charge in [0.25, 0.3) is 0 Å². The number of nitrogens with one attached hydrogen (secondary N) is 1. The molecule has 0 radical (unpaired) electrons. The van der Waals surface area contributed by atoms with E-state index in [1.165, 1.54) is 0 Å². The van der Waals surface area contributed by atoms with Crippen molar-refractivity contribution in [2.75, 3.05) is 60.5 Å². The summed E-state index contributed by atoms with van der Waals surface area (Å²) in [5.41, 5.74) is 5.51. The summed E-state index contributed by atoms with van der Waals surface area (Å²) < 4.78 is 5.59. The molecule has 2 aromatic heterocycles. The molecule has 0 saturated carbocycles. The minimum Gasteiger partial charge on any atom is -0.511 e. The van der Waals surface area contributed by atoms with Crippen LogP contribution < -0.4 is 4.74 Å². The quantitative estimate of drug-likeness (QED) is 0.269. The Morgan fingerprint density at radius 1 is 1.18 bits per heavy atom. The standard InChI is InChI=1S/C32H43N5O3/c1-22(2)26(29(38)19-31(39)37-15-13-36(14-16-37)12-11-35(4)5)17-23(3)24-18-27-28(21-34-32(27)33-20-24)25-9-7-8-10-30(25)40-6/h7-10,17-18,20-22,38H,11-16,19H2,1-6H3,(H,33,34)/b23-17+,29-26-. The number of benzene rings is 1. The van der Waals surface area contributed by atoms with E-state index in [0.717, 1.165) is 70.8 Å². The molecule has 1 saturated heterocycles. The van der Waals surface area contributed by atoms with Gasteiger partial charge in [-0.05, 0) is 55.8 Å². The Morgan fingerprint density at radius 2 is 1.90 bits per heavy atom. The van der Waals surface area contributed by atoms with Crippen molar-refractivity contribution >= 4 is 22.5 Å². The number of rotatable bonds is 10. The number of piperazine rings is 1. The van der Waals surface area contributed by atoms with Gasteiger partial charge in [0.05, 0.1) is 13.5 Å². The fourth-order valence-electron chi connectivity index (χ4n) is 5.13. The Morgan fingerprint density at radius 3 is 2.58 bits per heavy atom. The number of likely N-dealkylation sites (N-methyl/N-ethyl adjacent to an activating group) is 1. The van der Waals surface area contributed by atoms with Crippen molar-refractivity contribution in [3.8, 4) is 16.9 Å². The Bertz CT molecular complexity index is 1380. The van der Waals surface area contributed by atoms with Crippen LogP contribution in [0.15, 0.2) is 60.1 Å². The number of ether oxygens (including phenoxy) is 1. The SMILES string of the molecule is COc1ccccc1-c1c[nH]c2ncc(/C(C)=C/C(=C(/O)CC(=O)N3CCN(CCN(C)C)CC3)C(C)C)cc12. The Labute approximate surface area is 237 Å². The monoisotopic (exact) mass is 545 g/mol. The van der Waals surface area contributed by atoms with Gasteiger partial charge in [-0.1, -0.05) is 38.1 Å². The number of nitrogens with zero attached hydrogens (tertiary/aromatic N) is 4. The molecule has 1 fully saturated rings. The van der Waals surface area contributed by atoms with Crippen molar-refractivity contribution in [1.82, 2.24) is 24.7 Å². The average molecular weight is 546 g/mol. The molecule has 8 nitrogen and oxygen atoms in total. The van der Waals surface area contributed by atoms with E-state index >= 15 is 0 Å². The number of aliphatic hydroxyl groups excluding tert-OH is 1. The van der Waals surface area contributed by atoms with Crippen LogP contribution >= 0.6 is 0 Å². The molecular weight excluding hydrogens is 502 g/mol. The summed E-state index contributed by atoms with van der Waals surface area (Å²) in [6.07, 6.45) is 5.80. The number of methoxy groups -OCH3 is 1. The molecule has 2 N–H and O–H groups in total. The number of aliphatic hydroxyl groups is 1. The molecule has 3 aromatic rings. The molecule has 1 aliphatic heterocycles. The molecular formula is C32H43N5O3. The number of amides is 1. The van der Waals surface area contributed by atoms with Gasteiger partial charge in [0.2, 0.25) is 5.91 Å². The molecule has 3 heterocycles. The Balaban J connectivity index is 1.53. The minimum atomic E-state index is -0.0224. The van der Waals surface area contributed by atoms with Gasteiger partial charge in [-0.3, -0.25) is 9.69 Å². The first-order chi connectivity index (χ1) is 19.2. The zero-order chi connectivity index (χ0) is 28.8. The van der Waals surface area contributed by atoms with Crippen molar-refractivity contribution in [2.24, 2.45) is 5.92 Å². The van der Waals surface area contributed by atoms with E-state index in [1.54, 1.807) is 7.11 Å². The number of hydrogen-bond donors (Lipinski definition) is 2. The summed E-state index contributed by atoms with van der Waals surface area (Å²) >= 11 is 0. The van der Waals surface area contributed by atoms with E-state index in [4.69, 9.17) is 4.74 Å². The molecule has 4 rings (SSSR count). The van der Waals surface area contributed by atoms with Gasteiger partial charge in [-0.15, -0.1) is 0 Å². The molecule has 1 aliphatic rings. The second kappa shape index (κ2) is 13.2. The lowest BCUT2D eigenvalue weighted by molar-refractivity contribution is -0.132. The van der Waals surface area contributed by atoms with Crippen LogP contribution in [0, 0.1) is 5.92 Å².